The van der Waals surface area contributed by atoms with Crippen LogP contribution in [0, 0.1) is 0 Å². The molecular formula is C32H42O5. The van der Waals surface area contributed by atoms with Gasteiger partial charge in [-0.1, -0.05) is 81.5 Å². The number of rotatable bonds is 13. The summed E-state index contributed by atoms with van der Waals surface area (Å²) in [6.07, 6.45) is 9.50. The van der Waals surface area contributed by atoms with Crippen LogP contribution in [0.15, 0.2) is 60.7 Å². The van der Waals surface area contributed by atoms with Crippen molar-refractivity contribution >= 4 is 17.5 Å². The van der Waals surface area contributed by atoms with Gasteiger partial charge < -0.3 is 14.6 Å². The van der Waals surface area contributed by atoms with E-state index in [2.05, 4.69) is 37.3 Å². The molecule has 0 aliphatic rings. The van der Waals surface area contributed by atoms with Crippen molar-refractivity contribution in [3.63, 3.8) is 0 Å². The number of carbonyl (C=O) groups is 2. The van der Waals surface area contributed by atoms with Crippen LogP contribution in [-0.2, 0) is 38.5 Å². The second kappa shape index (κ2) is 14.5. The molecule has 0 radical (unpaired) electrons. The lowest BCUT2D eigenvalue weighted by Crippen LogP contribution is -2.22. The fraction of sp³-hybridized carbons (Fsp3) is 0.438. The SMILES string of the molecule is CC/C(=C\C=C\C(O)(CC)CC)c1cccc(CCc2ccc(C(C)OC(C)=O)c(COC(C)=O)c2)c1. The molecule has 1 unspecified atom stereocenters. The van der Waals surface area contributed by atoms with Crippen molar-refractivity contribution in [1.29, 1.82) is 0 Å². The zero-order chi connectivity index (χ0) is 27.4. The lowest BCUT2D eigenvalue weighted by atomic mass is 9.94. The highest BCUT2D eigenvalue weighted by Crippen LogP contribution is 2.25. The van der Waals surface area contributed by atoms with E-state index in [-0.39, 0.29) is 18.5 Å². The molecule has 1 atom stereocenters. The van der Waals surface area contributed by atoms with E-state index < -0.39 is 11.7 Å². The standard InChI is InChI=1S/C32H42O5/c1-7-28(14-11-19-32(35,8-2)9-3)29-13-10-12-26(20-29)15-16-27-17-18-31(23(4)37-25(6)34)30(21-27)22-36-24(5)33/h10-14,17-21,23,35H,7-9,15-16,22H2,1-6H3/b19-11+,28-14+. The Labute approximate surface area is 222 Å². The minimum atomic E-state index is -0.753. The monoisotopic (exact) mass is 506 g/mol. The van der Waals surface area contributed by atoms with E-state index in [4.69, 9.17) is 9.47 Å². The molecule has 0 heterocycles. The predicted molar refractivity (Wildman–Crippen MR) is 149 cm³/mol. The Morgan fingerprint density at radius 3 is 2.24 bits per heavy atom. The molecule has 0 saturated carbocycles. The van der Waals surface area contributed by atoms with Gasteiger partial charge in [0.1, 0.15) is 12.7 Å². The van der Waals surface area contributed by atoms with Gasteiger partial charge in [-0.15, -0.1) is 0 Å². The zero-order valence-corrected chi connectivity index (χ0v) is 23.2. The van der Waals surface area contributed by atoms with Gasteiger partial charge in [0, 0.05) is 13.8 Å². The van der Waals surface area contributed by atoms with Crippen LogP contribution in [-0.4, -0.2) is 22.6 Å². The van der Waals surface area contributed by atoms with Crippen LogP contribution >= 0.6 is 0 Å². The third kappa shape index (κ3) is 9.66. The number of ether oxygens (including phenoxy) is 2. The summed E-state index contributed by atoms with van der Waals surface area (Å²) in [6.45, 7) is 10.9. The van der Waals surface area contributed by atoms with Crippen molar-refractivity contribution in [2.45, 2.75) is 92.0 Å². The highest BCUT2D eigenvalue weighted by molar-refractivity contribution is 5.68. The van der Waals surface area contributed by atoms with Crippen molar-refractivity contribution in [1.82, 2.24) is 0 Å². The maximum Gasteiger partial charge on any atom is 0.303 e. The number of carbonyl (C=O) groups excluding carboxylic acids is 2. The molecule has 0 fully saturated rings. The fourth-order valence-corrected chi connectivity index (χ4v) is 4.29. The highest BCUT2D eigenvalue weighted by atomic mass is 16.5. The number of aliphatic hydroxyl groups is 1. The first-order valence-corrected chi connectivity index (χ1v) is 13.2. The van der Waals surface area contributed by atoms with Crippen LogP contribution in [0.1, 0.15) is 94.7 Å². The molecule has 0 spiro atoms. The number of hydrogen-bond donors (Lipinski definition) is 1. The first-order valence-electron chi connectivity index (χ1n) is 13.2. The van der Waals surface area contributed by atoms with Gasteiger partial charge in [-0.2, -0.15) is 0 Å². The van der Waals surface area contributed by atoms with E-state index in [9.17, 15) is 14.7 Å². The van der Waals surface area contributed by atoms with Crippen LogP contribution in [0.4, 0.5) is 0 Å². The number of aryl methyl sites for hydroxylation is 2. The quantitative estimate of drug-likeness (QED) is 0.233. The second-order valence-corrected chi connectivity index (χ2v) is 9.48. The Morgan fingerprint density at radius 2 is 1.65 bits per heavy atom. The molecule has 200 valence electrons. The summed E-state index contributed by atoms with van der Waals surface area (Å²) >= 11 is 0. The van der Waals surface area contributed by atoms with E-state index >= 15 is 0 Å². The number of benzene rings is 2. The van der Waals surface area contributed by atoms with Gasteiger partial charge in [-0.25, -0.2) is 0 Å². The molecule has 2 aromatic carbocycles. The van der Waals surface area contributed by atoms with Crippen molar-refractivity contribution in [2.24, 2.45) is 0 Å². The van der Waals surface area contributed by atoms with Crippen LogP contribution in [0.5, 0.6) is 0 Å². The van der Waals surface area contributed by atoms with Crippen LogP contribution < -0.4 is 0 Å². The van der Waals surface area contributed by atoms with Gasteiger partial charge in [0.15, 0.2) is 0 Å². The van der Waals surface area contributed by atoms with Crippen molar-refractivity contribution in [3.8, 4) is 0 Å². The summed E-state index contributed by atoms with van der Waals surface area (Å²) in [6, 6.07) is 14.6. The van der Waals surface area contributed by atoms with E-state index in [1.165, 1.54) is 30.5 Å². The van der Waals surface area contributed by atoms with E-state index in [0.29, 0.717) is 12.8 Å². The topological polar surface area (TPSA) is 72.8 Å². The lowest BCUT2D eigenvalue weighted by molar-refractivity contribution is -0.146. The van der Waals surface area contributed by atoms with Gasteiger partial charge in [0.05, 0.1) is 5.60 Å². The van der Waals surface area contributed by atoms with Crippen LogP contribution in [0.2, 0.25) is 0 Å². The van der Waals surface area contributed by atoms with Crippen LogP contribution in [0.3, 0.4) is 0 Å². The summed E-state index contributed by atoms with van der Waals surface area (Å²) in [5.74, 6) is -0.700. The first-order chi connectivity index (χ1) is 17.6. The smallest absolute Gasteiger partial charge is 0.303 e. The van der Waals surface area contributed by atoms with Crippen molar-refractivity contribution in [3.05, 3.63) is 88.5 Å². The molecule has 5 nitrogen and oxygen atoms in total. The largest absolute Gasteiger partial charge is 0.461 e. The number of esters is 2. The average molecular weight is 507 g/mol. The minimum absolute atomic E-state index is 0.142. The average Bonchev–Trinajstić information content (AvgIpc) is 2.88. The van der Waals surface area contributed by atoms with Crippen LogP contribution in [0.25, 0.3) is 5.57 Å². The number of allylic oxidation sites excluding steroid dienone is 3. The molecule has 5 heteroatoms. The molecule has 0 amide bonds. The molecule has 0 bridgehead atoms. The maximum absolute atomic E-state index is 11.4. The van der Waals surface area contributed by atoms with Gasteiger partial charge in [0.25, 0.3) is 0 Å². The molecular weight excluding hydrogens is 464 g/mol. The van der Waals surface area contributed by atoms with Gasteiger partial charge in [-0.05, 0) is 72.4 Å². The zero-order valence-electron chi connectivity index (χ0n) is 23.2. The fourth-order valence-electron chi connectivity index (χ4n) is 4.29. The molecule has 0 aromatic heterocycles. The predicted octanol–water partition coefficient (Wildman–Crippen LogP) is 7.06. The summed E-state index contributed by atoms with van der Waals surface area (Å²) in [4.78, 5) is 22.8. The molecule has 0 aliphatic heterocycles. The summed E-state index contributed by atoms with van der Waals surface area (Å²) in [5.41, 5.74) is 5.69. The second-order valence-electron chi connectivity index (χ2n) is 9.48. The Morgan fingerprint density at radius 1 is 0.973 bits per heavy atom. The third-order valence-corrected chi connectivity index (χ3v) is 6.73. The third-order valence-electron chi connectivity index (χ3n) is 6.73. The van der Waals surface area contributed by atoms with E-state index in [0.717, 1.165) is 36.0 Å². The van der Waals surface area contributed by atoms with Gasteiger partial charge >= 0.3 is 11.9 Å². The van der Waals surface area contributed by atoms with Gasteiger partial charge in [0.2, 0.25) is 0 Å². The van der Waals surface area contributed by atoms with Gasteiger partial charge in [-0.3, -0.25) is 9.59 Å². The highest BCUT2D eigenvalue weighted by Gasteiger charge is 2.17. The summed E-state index contributed by atoms with van der Waals surface area (Å²) in [5, 5.41) is 10.5. The Hall–Kier alpha value is -3.18. The maximum atomic E-state index is 11.4. The molecule has 2 aromatic rings. The molecule has 37 heavy (non-hydrogen) atoms. The molecule has 0 aliphatic carbocycles. The summed E-state index contributed by atoms with van der Waals surface area (Å²) < 4.78 is 10.6. The minimum Gasteiger partial charge on any atom is -0.461 e. The summed E-state index contributed by atoms with van der Waals surface area (Å²) in [7, 11) is 0. The molecule has 0 saturated heterocycles. The normalized spacial score (nSPS) is 13.0. The Balaban J connectivity index is 2.20. The molecule has 2 rings (SSSR count). The van der Waals surface area contributed by atoms with Crippen molar-refractivity contribution in [2.75, 3.05) is 0 Å². The Bertz CT molecular complexity index is 1110. The number of hydrogen-bond acceptors (Lipinski definition) is 5. The molecule has 1 N–H and O–H groups in total. The Kier molecular flexibility index (Phi) is 11.8. The van der Waals surface area contributed by atoms with Crippen molar-refractivity contribution < 1.29 is 24.2 Å². The van der Waals surface area contributed by atoms with E-state index in [1.807, 2.05) is 51.1 Å². The lowest BCUT2D eigenvalue weighted by Gasteiger charge is -2.20. The first kappa shape index (κ1) is 30.0. The van der Waals surface area contributed by atoms with E-state index in [1.54, 1.807) is 0 Å².